The third-order valence-electron chi connectivity index (χ3n) is 5.21. The number of aromatic nitrogens is 4. The highest BCUT2D eigenvalue weighted by molar-refractivity contribution is 5.92. The quantitative estimate of drug-likeness (QED) is 0.678. The molecule has 0 bridgehead atoms. The Kier molecular flexibility index (Phi) is 5.23. The SMILES string of the molecule is CC(C)c1cc(C(=O)N2CCC[C@H](c3nccn3Cc3cccnc3)C2)no1. The lowest BCUT2D eigenvalue weighted by Crippen LogP contribution is -2.40. The van der Waals surface area contributed by atoms with Crippen molar-refractivity contribution in [1.29, 1.82) is 0 Å². The van der Waals surface area contributed by atoms with Crippen LogP contribution in [-0.2, 0) is 6.54 Å². The number of piperidine rings is 1. The van der Waals surface area contributed by atoms with Gasteiger partial charge in [0.25, 0.3) is 5.91 Å². The van der Waals surface area contributed by atoms with Crippen molar-refractivity contribution in [2.75, 3.05) is 13.1 Å². The maximum atomic E-state index is 12.9. The molecule has 0 aliphatic carbocycles. The highest BCUT2D eigenvalue weighted by Crippen LogP contribution is 2.27. The normalized spacial score (nSPS) is 17.2. The van der Waals surface area contributed by atoms with Crippen LogP contribution in [0, 0.1) is 0 Å². The summed E-state index contributed by atoms with van der Waals surface area (Å²) in [7, 11) is 0. The Hall–Kier alpha value is -2.96. The molecule has 1 saturated heterocycles. The zero-order valence-corrected chi connectivity index (χ0v) is 16.3. The predicted molar refractivity (Wildman–Crippen MR) is 104 cm³/mol. The zero-order chi connectivity index (χ0) is 19.5. The van der Waals surface area contributed by atoms with Crippen molar-refractivity contribution in [3.63, 3.8) is 0 Å². The van der Waals surface area contributed by atoms with Crippen LogP contribution < -0.4 is 0 Å². The molecule has 1 fully saturated rings. The van der Waals surface area contributed by atoms with E-state index >= 15 is 0 Å². The van der Waals surface area contributed by atoms with Gasteiger partial charge in [-0.1, -0.05) is 25.1 Å². The largest absolute Gasteiger partial charge is 0.360 e. The van der Waals surface area contributed by atoms with E-state index in [4.69, 9.17) is 4.52 Å². The molecule has 0 radical (unpaired) electrons. The van der Waals surface area contributed by atoms with Gasteiger partial charge in [-0.2, -0.15) is 0 Å². The molecule has 1 amide bonds. The van der Waals surface area contributed by atoms with Crippen LogP contribution in [0.3, 0.4) is 0 Å². The Morgan fingerprint density at radius 3 is 3.00 bits per heavy atom. The van der Waals surface area contributed by atoms with E-state index in [1.165, 1.54) is 0 Å². The van der Waals surface area contributed by atoms with E-state index in [1.54, 1.807) is 12.3 Å². The van der Waals surface area contributed by atoms with Crippen LogP contribution in [0.4, 0.5) is 0 Å². The summed E-state index contributed by atoms with van der Waals surface area (Å²) in [6.07, 6.45) is 9.44. The standard InChI is InChI=1S/C21H25N5O2/c1-15(2)19-11-18(24-28-19)21(27)26-9-4-6-17(14-26)20-23-8-10-25(20)13-16-5-3-7-22-12-16/h3,5,7-8,10-12,15,17H,4,6,9,13-14H2,1-2H3/t17-/m0/s1. The summed E-state index contributed by atoms with van der Waals surface area (Å²) in [5.74, 6) is 2.11. The van der Waals surface area contributed by atoms with Crippen LogP contribution in [-0.4, -0.2) is 43.6 Å². The minimum Gasteiger partial charge on any atom is -0.360 e. The van der Waals surface area contributed by atoms with Gasteiger partial charge in [0.15, 0.2) is 5.69 Å². The van der Waals surface area contributed by atoms with E-state index in [2.05, 4.69) is 25.8 Å². The molecule has 3 aromatic rings. The molecule has 4 rings (SSSR count). The van der Waals surface area contributed by atoms with Gasteiger partial charge in [-0.3, -0.25) is 9.78 Å². The van der Waals surface area contributed by atoms with Crippen molar-refractivity contribution < 1.29 is 9.32 Å². The number of amides is 1. The van der Waals surface area contributed by atoms with Crippen molar-refractivity contribution >= 4 is 5.91 Å². The molecule has 0 aromatic carbocycles. The third kappa shape index (κ3) is 3.83. The van der Waals surface area contributed by atoms with Crippen molar-refractivity contribution in [3.05, 3.63) is 65.8 Å². The number of nitrogens with zero attached hydrogens (tertiary/aromatic N) is 5. The summed E-state index contributed by atoms with van der Waals surface area (Å²) in [6.45, 7) is 6.16. The van der Waals surface area contributed by atoms with Gasteiger partial charge in [-0.05, 0) is 24.5 Å². The summed E-state index contributed by atoms with van der Waals surface area (Å²) in [4.78, 5) is 23.6. The fourth-order valence-electron chi connectivity index (χ4n) is 3.70. The fraction of sp³-hybridized carbons (Fsp3) is 0.429. The minimum atomic E-state index is -0.0642. The van der Waals surface area contributed by atoms with Crippen molar-refractivity contribution in [2.24, 2.45) is 0 Å². The summed E-state index contributed by atoms with van der Waals surface area (Å²) >= 11 is 0. The summed E-state index contributed by atoms with van der Waals surface area (Å²) in [5.41, 5.74) is 1.53. The van der Waals surface area contributed by atoms with E-state index in [0.717, 1.165) is 43.1 Å². The monoisotopic (exact) mass is 379 g/mol. The van der Waals surface area contributed by atoms with Gasteiger partial charge < -0.3 is 14.0 Å². The molecule has 7 nitrogen and oxygen atoms in total. The molecule has 1 atom stereocenters. The van der Waals surface area contributed by atoms with E-state index in [1.807, 2.05) is 43.4 Å². The van der Waals surface area contributed by atoms with Crippen LogP contribution in [0.1, 0.15) is 66.2 Å². The number of hydrogen-bond donors (Lipinski definition) is 0. The Morgan fingerprint density at radius 1 is 1.36 bits per heavy atom. The summed E-state index contributed by atoms with van der Waals surface area (Å²) in [6, 6.07) is 5.76. The van der Waals surface area contributed by atoms with Gasteiger partial charge in [0.2, 0.25) is 0 Å². The van der Waals surface area contributed by atoms with Crippen LogP contribution >= 0.6 is 0 Å². The number of carbonyl (C=O) groups is 1. The first-order valence-electron chi connectivity index (χ1n) is 9.77. The van der Waals surface area contributed by atoms with Crippen LogP contribution in [0.2, 0.25) is 0 Å². The lowest BCUT2D eigenvalue weighted by molar-refractivity contribution is 0.0692. The maximum Gasteiger partial charge on any atom is 0.276 e. The smallest absolute Gasteiger partial charge is 0.276 e. The molecule has 1 aliphatic heterocycles. The number of hydrogen-bond acceptors (Lipinski definition) is 5. The molecule has 3 aromatic heterocycles. The zero-order valence-electron chi connectivity index (χ0n) is 16.3. The lowest BCUT2D eigenvalue weighted by Gasteiger charge is -2.32. The second-order valence-corrected chi connectivity index (χ2v) is 7.63. The van der Waals surface area contributed by atoms with Gasteiger partial charge in [0.1, 0.15) is 11.6 Å². The van der Waals surface area contributed by atoms with Gasteiger partial charge in [0.05, 0.1) is 6.54 Å². The van der Waals surface area contributed by atoms with Crippen molar-refractivity contribution in [2.45, 2.75) is 45.1 Å². The topological polar surface area (TPSA) is 77.1 Å². The van der Waals surface area contributed by atoms with E-state index < -0.39 is 0 Å². The second kappa shape index (κ2) is 7.96. The molecule has 7 heteroatoms. The first-order valence-corrected chi connectivity index (χ1v) is 9.77. The number of pyridine rings is 1. The predicted octanol–water partition coefficient (Wildman–Crippen LogP) is 3.46. The van der Waals surface area contributed by atoms with Crippen LogP contribution in [0.15, 0.2) is 47.5 Å². The Bertz CT molecular complexity index is 931. The first kappa shape index (κ1) is 18.4. The molecule has 0 spiro atoms. The molecule has 4 heterocycles. The molecule has 0 unspecified atom stereocenters. The summed E-state index contributed by atoms with van der Waals surface area (Å²) in [5, 5.41) is 3.98. The third-order valence-corrected chi connectivity index (χ3v) is 5.21. The molecule has 146 valence electrons. The highest BCUT2D eigenvalue weighted by atomic mass is 16.5. The first-order chi connectivity index (χ1) is 13.6. The maximum absolute atomic E-state index is 12.9. The van der Waals surface area contributed by atoms with E-state index in [0.29, 0.717) is 12.2 Å². The minimum absolute atomic E-state index is 0.0642. The Labute approximate surface area is 164 Å². The second-order valence-electron chi connectivity index (χ2n) is 7.63. The molecule has 0 N–H and O–H groups in total. The van der Waals surface area contributed by atoms with E-state index in [9.17, 15) is 4.79 Å². The highest BCUT2D eigenvalue weighted by Gasteiger charge is 2.29. The van der Waals surface area contributed by atoms with Gasteiger partial charge >= 0.3 is 0 Å². The van der Waals surface area contributed by atoms with Crippen LogP contribution in [0.25, 0.3) is 0 Å². The molecule has 1 aliphatic rings. The molecular weight excluding hydrogens is 354 g/mol. The molecule has 0 saturated carbocycles. The number of likely N-dealkylation sites (tertiary alicyclic amines) is 1. The van der Waals surface area contributed by atoms with E-state index in [-0.39, 0.29) is 17.7 Å². The van der Waals surface area contributed by atoms with Crippen molar-refractivity contribution in [3.8, 4) is 0 Å². The van der Waals surface area contributed by atoms with Crippen molar-refractivity contribution in [1.82, 2.24) is 24.6 Å². The average molecular weight is 379 g/mol. The number of imidazole rings is 1. The summed E-state index contributed by atoms with van der Waals surface area (Å²) < 4.78 is 7.46. The van der Waals surface area contributed by atoms with Gasteiger partial charge in [-0.25, -0.2) is 4.98 Å². The Morgan fingerprint density at radius 2 is 2.25 bits per heavy atom. The molecule has 28 heavy (non-hydrogen) atoms. The Balaban J connectivity index is 1.48. The molecular formula is C21H25N5O2. The van der Waals surface area contributed by atoms with Gasteiger partial charge in [-0.15, -0.1) is 0 Å². The average Bonchev–Trinajstić information content (AvgIpc) is 3.38. The lowest BCUT2D eigenvalue weighted by atomic mass is 9.96. The number of carbonyl (C=O) groups excluding carboxylic acids is 1. The van der Waals surface area contributed by atoms with Crippen LogP contribution in [0.5, 0.6) is 0 Å². The fourth-order valence-corrected chi connectivity index (χ4v) is 3.70. The number of rotatable bonds is 5. The van der Waals surface area contributed by atoms with Gasteiger partial charge in [0, 0.05) is 55.8 Å².